The molecule has 0 aliphatic heterocycles. The van der Waals surface area contributed by atoms with E-state index in [1.807, 2.05) is 28.8 Å². The number of halogens is 1. The van der Waals surface area contributed by atoms with Crippen LogP contribution in [0.4, 0.5) is 4.39 Å². The summed E-state index contributed by atoms with van der Waals surface area (Å²) >= 11 is 0. The maximum Gasteiger partial charge on any atom is 0.295 e. The highest BCUT2D eigenvalue weighted by atomic mass is 19.1. The van der Waals surface area contributed by atoms with Crippen LogP contribution >= 0.6 is 0 Å². The fourth-order valence-electron chi connectivity index (χ4n) is 2.51. The normalized spacial score (nSPS) is 11.7. The van der Waals surface area contributed by atoms with Crippen molar-refractivity contribution in [1.82, 2.24) is 10.3 Å². The Bertz CT molecular complexity index is 876. The van der Waals surface area contributed by atoms with Crippen LogP contribution in [0.3, 0.4) is 0 Å². The van der Waals surface area contributed by atoms with Gasteiger partial charge >= 0.3 is 0 Å². The molecule has 0 radical (unpaired) electrons. The summed E-state index contributed by atoms with van der Waals surface area (Å²) in [5.74, 6) is 0.302. The zero-order chi connectivity index (χ0) is 17.3. The third kappa shape index (κ3) is 3.30. The number of hydrogen-bond donors (Lipinski definition) is 2. The molecule has 3 aromatic rings. The van der Waals surface area contributed by atoms with Crippen molar-refractivity contribution in [3.05, 3.63) is 60.2 Å². The van der Waals surface area contributed by atoms with Gasteiger partial charge in [-0.05, 0) is 41.8 Å². The molecule has 2 aromatic heterocycles. The molecule has 0 bridgehead atoms. The number of carbonyl (C=O) groups excluding carboxylic acids is 1. The van der Waals surface area contributed by atoms with Crippen molar-refractivity contribution in [3.63, 3.8) is 0 Å². The minimum atomic E-state index is -0.289. The number of aromatic amines is 1. The van der Waals surface area contributed by atoms with E-state index in [1.165, 1.54) is 12.1 Å². The van der Waals surface area contributed by atoms with Gasteiger partial charge in [-0.15, -0.1) is 0 Å². The lowest BCUT2D eigenvalue weighted by Crippen LogP contribution is -2.32. The summed E-state index contributed by atoms with van der Waals surface area (Å²) in [6, 6.07) is 11.9. The minimum Gasteiger partial charge on any atom is -0.348 e. The predicted octanol–water partition coefficient (Wildman–Crippen LogP) is 3.34. The third-order valence-electron chi connectivity index (χ3n) is 3.72. The van der Waals surface area contributed by atoms with Gasteiger partial charge in [0.05, 0.1) is 11.8 Å². The van der Waals surface area contributed by atoms with Crippen LogP contribution < -0.4 is 9.72 Å². The molecule has 0 spiro atoms. The van der Waals surface area contributed by atoms with Crippen LogP contribution in [-0.4, -0.2) is 17.4 Å². The molecular formula is C19H21FN3O+. The summed E-state index contributed by atoms with van der Waals surface area (Å²) in [7, 11) is 0. The first-order chi connectivity index (χ1) is 11.3. The highest BCUT2D eigenvalue weighted by molar-refractivity contribution is 5.98. The second kappa shape index (κ2) is 6.07. The molecule has 3 rings (SSSR count). The largest absolute Gasteiger partial charge is 0.348 e. The van der Waals surface area contributed by atoms with Gasteiger partial charge in [-0.1, -0.05) is 26.8 Å². The van der Waals surface area contributed by atoms with Crippen molar-refractivity contribution >= 4 is 11.4 Å². The van der Waals surface area contributed by atoms with Crippen LogP contribution in [0.2, 0.25) is 0 Å². The first kappa shape index (κ1) is 16.2. The van der Waals surface area contributed by atoms with Gasteiger partial charge in [0.15, 0.2) is 5.52 Å². The summed E-state index contributed by atoms with van der Waals surface area (Å²) in [6.45, 7) is 6.78. The molecule has 0 aliphatic rings. The second-order valence-corrected chi connectivity index (χ2v) is 7.05. The molecule has 1 amide bonds. The Morgan fingerprint density at radius 1 is 1.17 bits per heavy atom. The van der Waals surface area contributed by atoms with Crippen LogP contribution in [0.5, 0.6) is 0 Å². The smallest absolute Gasteiger partial charge is 0.295 e. The molecule has 2 heterocycles. The molecule has 5 heteroatoms. The van der Waals surface area contributed by atoms with Crippen molar-refractivity contribution in [2.45, 2.75) is 20.8 Å². The summed E-state index contributed by atoms with van der Waals surface area (Å²) < 4.78 is 15.1. The van der Waals surface area contributed by atoms with E-state index in [0.717, 1.165) is 16.9 Å². The second-order valence-electron chi connectivity index (χ2n) is 7.05. The lowest BCUT2D eigenvalue weighted by atomic mass is 9.97. The summed E-state index contributed by atoms with van der Waals surface area (Å²) in [6.07, 6.45) is 1.88. The zero-order valence-electron chi connectivity index (χ0n) is 14.1. The van der Waals surface area contributed by atoms with Crippen LogP contribution in [0, 0.1) is 11.2 Å². The number of carbonyl (C=O) groups is 1. The van der Waals surface area contributed by atoms with Crippen molar-refractivity contribution in [2.24, 2.45) is 5.41 Å². The predicted molar refractivity (Wildman–Crippen MR) is 91.1 cm³/mol. The number of H-pyrrole nitrogens is 1. The monoisotopic (exact) mass is 326 g/mol. The van der Waals surface area contributed by atoms with Crippen molar-refractivity contribution < 1.29 is 13.6 Å². The SMILES string of the molecule is CC(C)(C)CNC(=O)c1[nH]c(-c2ccc(F)cc2)[n+]2ccccc12. The number of rotatable bonds is 3. The molecule has 0 aliphatic carbocycles. The van der Waals surface area contributed by atoms with Crippen LogP contribution in [-0.2, 0) is 0 Å². The van der Waals surface area contributed by atoms with E-state index in [2.05, 4.69) is 31.1 Å². The number of benzene rings is 1. The van der Waals surface area contributed by atoms with Gasteiger partial charge in [0.1, 0.15) is 5.82 Å². The third-order valence-corrected chi connectivity index (χ3v) is 3.72. The average Bonchev–Trinajstić information content (AvgIpc) is 2.92. The number of fused-ring (bicyclic) bond motifs is 1. The molecule has 0 fully saturated rings. The lowest BCUT2D eigenvalue weighted by Gasteiger charge is -2.17. The average molecular weight is 326 g/mol. The first-order valence-corrected chi connectivity index (χ1v) is 7.92. The molecule has 1 aromatic carbocycles. The van der Waals surface area contributed by atoms with Crippen LogP contribution in [0.15, 0.2) is 48.7 Å². The van der Waals surface area contributed by atoms with Gasteiger partial charge in [0.25, 0.3) is 11.7 Å². The van der Waals surface area contributed by atoms with E-state index >= 15 is 0 Å². The molecule has 24 heavy (non-hydrogen) atoms. The molecular weight excluding hydrogens is 305 g/mol. The first-order valence-electron chi connectivity index (χ1n) is 7.92. The highest BCUT2D eigenvalue weighted by Gasteiger charge is 2.25. The molecule has 0 atom stereocenters. The Balaban J connectivity index is 2.03. The fourth-order valence-corrected chi connectivity index (χ4v) is 2.51. The number of nitrogens with zero attached hydrogens (tertiary/aromatic N) is 1. The Kier molecular flexibility index (Phi) is 4.09. The van der Waals surface area contributed by atoms with E-state index in [-0.39, 0.29) is 17.1 Å². The number of nitrogens with one attached hydrogen (secondary N) is 2. The fraction of sp³-hybridized carbons (Fsp3) is 0.263. The number of amides is 1. The van der Waals surface area contributed by atoms with Crippen LogP contribution in [0.25, 0.3) is 16.9 Å². The molecule has 0 saturated carbocycles. The Morgan fingerprint density at radius 2 is 1.88 bits per heavy atom. The van der Waals surface area contributed by atoms with E-state index in [0.29, 0.717) is 12.2 Å². The Morgan fingerprint density at radius 3 is 2.54 bits per heavy atom. The van der Waals surface area contributed by atoms with Gasteiger partial charge in [-0.25, -0.2) is 9.37 Å². The zero-order valence-corrected chi connectivity index (χ0v) is 14.1. The number of hydrogen-bond acceptors (Lipinski definition) is 1. The van der Waals surface area contributed by atoms with E-state index in [9.17, 15) is 9.18 Å². The van der Waals surface area contributed by atoms with Gasteiger partial charge in [-0.3, -0.25) is 4.79 Å². The maximum absolute atomic E-state index is 13.2. The quantitative estimate of drug-likeness (QED) is 0.713. The molecule has 4 nitrogen and oxygen atoms in total. The molecule has 2 N–H and O–H groups in total. The maximum atomic E-state index is 13.2. The number of imidazole rings is 1. The van der Waals surface area contributed by atoms with Gasteiger partial charge in [-0.2, -0.15) is 4.40 Å². The molecule has 124 valence electrons. The highest BCUT2D eigenvalue weighted by Crippen LogP contribution is 2.18. The van der Waals surface area contributed by atoms with Gasteiger partial charge in [0, 0.05) is 6.54 Å². The van der Waals surface area contributed by atoms with Gasteiger partial charge < -0.3 is 5.32 Å². The van der Waals surface area contributed by atoms with E-state index < -0.39 is 0 Å². The standard InChI is InChI=1S/C19H20FN3O/c1-19(2,3)12-21-18(24)16-15-6-4-5-11-23(15)17(22-16)13-7-9-14(20)10-8-13/h4-11H,12H2,1-3H3,(H,21,24)/p+1. The molecule has 0 unspecified atom stereocenters. The van der Waals surface area contributed by atoms with Crippen molar-refractivity contribution in [2.75, 3.05) is 6.54 Å². The van der Waals surface area contributed by atoms with E-state index in [4.69, 9.17) is 0 Å². The summed E-state index contributed by atoms with van der Waals surface area (Å²) in [5.41, 5.74) is 2.10. The Labute approximate surface area is 140 Å². The molecule has 0 saturated heterocycles. The topological polar surface area (TPSA) is 49.0 Å². The van der Waals surface area contributed by atoms with Gasteiger partial charge in [0.2, 0.25) is 5.69 Å². The van der Waals surface area contributed by atoms with Crippen molar-refractivity contribution in [1.29, 1.82) is 0 Å². The lowest BCUT2D eigenvalue weighted by molar-refractivity contribution is -0.498. The minimum absolute atomic E-state index is 0.00495. The van der Waals surface area contributed by atoms with Crippen molar-refractivity contribution in [3.8, 4) is 11.4 Å². The number of pyridine rings is 1. The number of aromatic nitrogens is 2. The summed E-state index contributed by atoms with van der Waals surface area (Å²) in [5, 5.41) is 2.96. The Hall–Kier alpha value is -2.69. The van der Waals surface area contributed by atoms with Crippen LogP contribution in [0.1, 0.15) is 31.3 Å². The van der Waals surface area contributed by atoms with E-state index in [1.54, 1.807) is 12.1 Å². The summed E-state index contributed by atoms with van der Waals surface area (Å²) in [4.78, 5) is 15.8.